The van der Waals surface area contributed by atoms with E-state index in [0.717, 1.165) is 0 Å². The van der Waals surface area contributed by atoms with Crippen LogP contribution in [0.25, 0.3) is 11.1 Å². The molecule has 2 aromatic carbocycles. The first kappa shape index (κ1) is 25.6. The van der Waals surface area contributed by atoms with E-state index in [1.54, 1.807) is 54.6 Å². The molecule has 0 aliphatic carbocycles. The number of aliphatic hydroxyl groups is 1. The molecule has 1 heterocycles. The zero-order valence-electron chi connectivity index (χ0n) is 19.7. The number of carboxylic acids is 1. The quantitative estimate of drug-likeness (QED) is 0.274. The maximum absolute atomic E-state index is 13.3. The largest absolute Gasteiger partial charge is 0.478 e. The molecule has 0 fully saturated rings. The SMILES string of the molecule is C=C(C(=O)CC[C@@H](OC(=O)c1ccccc1-c1ccccc1C(=O)O)c1ccc(CO)o1)C(C)C. The highest BCUT2D eigenvalue weighted by atomic mass is 16.6. The van der Waals surface area contributed by atoms with Crippen molar-refractivity contribution in [2.24, 2.45) is 5.92 Å². The summed E-state index contributed by atoms with van der Waals surface area (Å²) in [5.41, 5.74) is 1.52. The minimum Gasteiger partial charge on any atom is -0.478 e. The third-order valence-corrected chi connectivity index (χ3v) is 5.69. The monoisotopic (exact) mass is 476 g/mol. The van der Waals surface area contributed by atoms with Gasteiger partial charge in [0.15, 0.2) is 11.9 Å². The van der Waals surface area contributed by atoms with Crippen molar-refractivity contribution in [3.8, 4) is 11.1 Å². The van der Waals surface area contributed by atoms with Crippen LogP contribution in [0.5, 0.6) is 0 Å². The zero-order valence-corrected chi connectivity index (χ0v) is 19.7. The fourth-order valence-electron chi connectivity index (χ4n) is 3.65. The van der Waals surface area contributed by atoms with E-state index in [9.17, 15) is 24.6 Å². The van der Waals surface area contributed by atoms with E-state index in [1.807, 2.05) is 13.8 Å². The van der Waals surface area contributed by atoms with E-state index in [4.69, 9.17) is 9.15 Å². The van der Waals surface area contributed by atoms with Gasteiger partial charge in [-0.2, -0.15) is 0 Å². The van der Waals surface area contributed by atoms with E-state index >= 15 is 0 Å². The second kappa shape index (κ2) is 11.4. The van der Waals surface area contributed by atoms with Crippen molar-refractivity contribution < 1.29 is 33.8 Å². The third-order valence-electron chi connectivity index (χ3n) is 5.69. The summed E-state index contributed by atoms with van der Waals surface area (Å²) in [5, 5.41) is 19.0. The van der Waals surface area contributed by atoms with E-state index in [-0.39, 0.29) is 42.3 Å². The van der Waals surface area contributed by atoms with Gasteiger partial charge in [0.2, 0.25) is 0 Å². The highest BCUT2D eigenvalue weighted by Crippen LogP contribution is 2.31. The first-order valence-corrected chi connectivity index (χ1v) is 11.3. The van der Waals surface area contributed by atoms with Gasteiger partial charge in [-0.15, -0.1) is 0 Å². The lowest BCUT2D eigenvalue weighted by molar-refractivity contribution is -0.116. The van der Waals surface area contributed by atoms with E-state index < -0.39 is 18.0 Å². The van der Waals surface area contributed by atoms with Crippen LogP contribution in [0.2, 0.25) is 0 Å². The fraction of sp³-hybridized carbons (Fsp3) is 0.250. The molecule has 1 aromatic heterocycles. The molecule has 0 aliphatic heterocycles. The number of aromatic carboxylic acids is 1. The van der Waals surface area contributed by atoms with Crippen molar-refractivity contribution >= 4 is 17.7 Å². The van der Waals surface area contributed by atoms with Crippen LogP contribution in [-0.4, -0.2) is 27.9 Å². The Morgan fingerprint density at radius 2 is 1.54 bits per heavy atom. The van der Waals surface area contributed by atoms with Crippen molar-refractivity contribution in [2.75, 3.05) is 0 Å². The molecule has 0 amide bonds. The molecule has 0 unspecified atom stereocenters. The summed E-state index contributed by atoms with van der Waals surface area (Å²) in [6.45, 7) is 7.27. The number of ether oxygens (including phenoxy) is 1. The number of hydrogen-bond donors (Lipinski definition) is 2. The maximum Gasteiger partial charge on any atom is 0.339 e. The molecule has 35 heavy (non-hydrogen) atoms. The highest BCUT2D eigenvalue weighted by molar-refractivity contribution is 6.02. The van der Waals surface area contributed by atoms with E-state index in [2.05, 4.69) is 6.58 Å². The lowest BCUT2D eigenvalue weighted by atomic mass is 9.95. The van der Waals surface area contributed by atoms with E-state index in [0.29, 0.717) is 28.2 Å². The van der Waals surface area contributed by atoms with Gasteiger partial charge < -0.3 is 19.4 Å². The smallest absolute Gasteiger partial charge is 0.339 e. The number of carboxylic acid groups (broad SMARTS) is 1. The Balaban J connectivity index is 1.91. The summed E-state index contributed by atoms with van der Waals surface area (Å²) < 4.78 is 11.4. The Morgan fingerprint density at radius 3 is 2.11 bits per heavy atom. The molecule has 7 heteroatoms. The molecule has 3 aromatic rings. The van der Waals surface area contributed by atoms with Gasteiger partial charge in [0.05, 0.1) is 11.1 Å². The predicted octanol–water partition coefficient (Wildman–Crippen LogP) is 5.60. The molecule has 0 bridgehead atoms. The first-order valence-electron chi connectivity index (χ1n) is 11.3. The van der Waals surface area contributed by atoms with Crippen LogP contribution in [0, 0.1) is 5.92 Å². The number of benzene rings is 2. The Bertz CT molecular complexity index is 1240. The minimum absolute atomic E-state index is 0.00529. The summed E-state index contributed by atoms with van der Waals surface area (Å²) in [6.07, 6.45) is -0.648. The van der Waals surface area contributed by atoms with Crippen LogP contribution in [-0.2, 0) is 16.1 Å². The summed E-state index contributed by atoms with van der Waals surface area (Å²) in [5.74, 6) is -1.34. The van der Waals surface area contributed by atoms with Crippen LogP contribution in [0.3, 0.4) is 0 Å². The van der Waals surface area contributed by atoms with Gasteiger partial charge in [-0.05, 0) is 53.3 Å². The minimum atomic E-state index is -1.11. The second-order valence-electron chi connectivity index (χ2n) is 8.39. The lowest BCUT2D eigenvalue weighted by Crippen LogP contribution is -2.15. The maximum atomic E-state index is 13.3. The van der Waals surface area contributed by atoms with E-state index in [1.165, 1.54) is 6.07 Å². The number of furan rings is 1. The predicted molar refractivity (Wildman–Crippen MR) is 130 cm³/mol. The normalized spacial score (nSPS) is 11.8. The Kier molecular flexibility index (Phi) is 8.39. The Morgan fingerprint density at radius 1 is 0.943 bits per heavy atom. The summed E-state index contributed by atoms with van der Waals surface area (Å²) >= 11 is 0. The first-order chi connectivity index (χ1) is 16.7. The van der Waals surface area contributed by atoms with Crippen molar-refractivity contribution in [2.45, 2.75) is 39.4 Å². The van der Waals surface area contributed by atoms with Crippen LogP contribution >= 0.6 is 0 Å². The molecular weight excluding hydrogens is 448 g/mol. The van der Waals surface area contributed by atoms with Gasteiger partial charge >= 0.3 is 11.9 Å². The molecular formula is C28H28O7. The number of carbonyl (C=O) groups is 3. The van der Waals surface area contributed by atoms with Gasteiger partial charge in [0.25, 0.3) is 0 Å². The topological polar surface area (TPSA) is 114 Å². The van der Waals surface area contributed by atoms with Gasteiger partial charge in [-0.25, -0.2) is 9.59 Å². The van der Waals surface area contributed by atoms with Crippen molar-refractivity contribution in [3.63, 3.8) is 0 Å². The molecule has 0 aliphatic rings. The standard InChI is InChI=1S/C28H28O7/c1-17(2)18(3)24(30)13-15-26(25-14-12-19(16-29)34-25)35-28(33)23-11-7-5-9-21(23)20-8-4-6-10-22(20)27(31)32/h4-12,14,17,26,29H,3,13,15-16H2,1-2H3,(H,31,32)/t26-/m1/s1. The van der Waals surface area contributed by atoms with Gasteiger partial charge in [-0.1, -0.05) is 56.8 Å². The fourth-order valence-corrected chi connectivity index (χ4v) is 3.65. The van der Waals surface area contributed by atoms with Gasteiger partial charge in [-0.3, -0.25) is 4.79 Å². The molecule has 0 spiro atoms. The van der Waals surface area contributed by atoms with Crippen LogP contribution < -0.4 is 0 Å². The molecule has 2 N–H and O–H groups in total. The number of ketones is 1. The average molecular weight is 477 g/mol. The number of rotatable bonds is 11. The second-order valence-corrected chi connectivity index (χ2v) is 8.39. The van der Waals surface area contributed by atoms with Gasteiger partial charge in [0.1, 0.15) is 18.1 Å². The van der Waals surface area contributed by atoms with Crippen LogP contribution in [0.1, 0.15) is 65.0 Å². The van der Waals surface area contributed by atoms with Crippen molar-refractivity contribution in [3.05, 3.63) is 95.5 Å². The molecule has 182 valence electrons. The third kappa shape index (κ3) is 6.13. The number of aliphatic hydroxyl groups excluding tert-OH is 1. The Hall–Kier alpha value is -3.97. The molecule has 7 nitrogen and oxygen atoms in total. The highest BCUT2D eigenvalue weighted by Gasteiger charge is 2.26. The Labute approximate surface area is 203 Å². The number of allylic oxidation sites excluding steroid dienone is 1. The van der Waals surface area contributed by atoms with Crippen LogP contribution in [0.15, 0.2) is 77.2 Å². The number of carbonyl (C=O) groups excluding carboxylic acids is 2. The molecule has 0 saturated heterocycles. The average Bonchev–Trinajstić information content (AvgIpc) is 3.34. The molecule has 1 atom stereocenters. The van der Waals surface area contributed by atoms with Crippen molar-refractivity contribution in [1.29, 1.82) is 0 Å². The van der Waals surface area contributed by atoms with Crippen molar-refractivity contribution in [1.82, 2.24) is 0 Å². The summed E-state index contributed by atoms with van der Waals surface area (Å²) in [6, 6.07) is 16.1. The lowest BCUT2D eigenvalue weighted by Gasteiger charge is -2.18. The number of hydrogen-bond acceptors (Lipinski definition) is 6. The molecule has 3 rings (SSSR count). The van der Waals surface area contributed by atoms with Crippen LogP contribution in [0.4, 0.5) is 0 Å². The van der Waals surface area contributed by atoms with Gasteiger partial charge in [0, 0.05) is 6.42 Å². The summed E-state index contributed by atoms with van der Waals surface area (Å²) in [4.78, 5) is 37.5. The molecule has 0 saturated carbocycles. The number of Topliss-reactive ketones (excluding diaryl/α,β-unsaturated/α-hetero) is 1. The molecule has 0 radical (unpaired) electrons. The summed E-state index contributed by atoms with van der Waals surface area (Å²) in [7, 11) is 0. The zero-order chi connectivity index (χ0) is 25.5. The number of esters is 1.